The summed E-state index contributed by atoms with van der Waals surface area (Å²) in [6, 6.07) is 8.38. The lowest BCUT2D eigenvalue weighted by Crippen LogP contribution is -2.22. The van der Waals surface area contributed by atoms with Crippen molar-refractivity contribution in [3.8, 4) is 23.0 Å². The average Bonchev–Trinajstić information content (AvgIpc) is 3.08. The van der Waals surface area contributed by atoms with Gasteiger partial charge in [-0.05, 0) is 49.2 Å². The van der Waals surface area contributed by atoms with Crippen LogP contribution in [0.15, 0.2) is 41.7 Å². The number of Topliss-reactive ketones (excluding diaryl/α,β-unsaturated/α-hetero) is 1. The number of esters is 1. The molecule has 4 rings (SSSR count). The molecule has 0 saturated heterocycles. The molecule has 0 aromatic heterocycles. The number of allylic oxidation sites excluding steroid dienone is 2. The number of primary amides is 1. The van der Waals surface area contributed by atoms with Crippen molar-refractivity contribution in [3.63, 3.8) is 0 Å². The fourth-order valence-electron chi connectivity index (χ4n) is 3.78. The fraction of sp³-hybridized carbons (Fsp3) is 0.261. The Hall–Kier alpha value is -3.81. The summed E-state index contributed by atoms with van der Waals surface area (Å²) in [5.74, 6) is 0.0711. The van der Waals surface area contributed by atoms with Crippen molar-refractivity contribution in [2.45, 2.75) is 26.2 Å². The van der Waals surface area contributed by atoms with Gasteiger partial charge in [-0.3, -0.25) is 14.4 Å². The number of nitrogens with two attached hydrogens (primary N) is 1. The minimum atomic E-state index is -0.627. The van der Waals surface area contributed by atoms with E-state index in [-0.39, 0.29) is 24.6 Å². The third-order valence-corrected chi connectivity index (χ3v) is 5.17. The van der Waals surface area contributed by atoms with Gasteiger partial charge in [-0.25, -0.2) is 0 Å². The van der Waals surface area contributed by atoms with Crippen LogP contribution in [0.2, 0.25) is 0 Å². The highest BCUT2D eigenvalue weighted by atomic mass is 16.5. The number of carbonyl (C=O) groups excluding carboxylic acids is 3. The topological polar surface area (TPSA) is 114 Å². The van der Waals surface area contributed by atoms with Crippen LogP contribution in [0.3, 0.4) is 0 Å². The van der Waals surface area contributed by atoms with Gasteiger partial charge in [-0.2, -0.15) is 0 Å². The number of methoxy groups -OCH3 is 1. The second-order valence-electron chi connectivity index (χ2n) is 7.51. The third kappa shape index (κ3) is 3.61. The Labute approximate surface area is 178 Å². The Bertz CT molecular complexity index is 1140. The Balaban J connectivity index is 1.83. The molecular formula is C23H21NO7. The van der Waals surface area contributed by atoms with E-state index in [1.165, 1.54) is 7.11 Å². The predicted octanol–water partition coefficient (Wildman–Crippen LogP) is 2.87. The van der Waals surface area contributed by atoms with Crippen molar-refractivity contribution in [3.05, 3.63) is 58.4 Å². The van der Waals surface area contributed by atoms with E-state index < -0.39 is 17.8 Å². The van der Waals surface area contributed by atoms with Gasteiger partial charge in [-0.15, -0.1) is 0 Å². The highest BCUT2D eigenvalue weighted by Crippen LogP contribution is 2.49. The lowest BCUT2D eigenvalue weighted by Gasteiger charge is -2.27. The number of fused-ring (bicyclic) bond motifs is 3. The second kappa shape index (κ2) is 7.79. The number of ether oxygens (including phenoxy) is 4. The first-order valence-electron chi connectivity index (χ1n) is 9.66. The van der Waals surface area contributed by atoms with Crippen molar-refractivity contribution < 1.29 is 33.3 Å². The molecular weight excluding hydrogens is 402 g/mol. The molecule has 2 N–H and O–H groups in total. The Morgan fingerprint density at radius 3 is 2.58 bits per heavy atom. The van der Waals surface area contributed by atoms with E-state index >= 15 is 0 Å². The maximum atomic E-state index is 12.7. The highest BCUT2D eigenvalue weighted by molar-refractivity contribution is 6.13. The van der Waals surface area contributed by atoms with E-state index in [9.17, 15) is 14.4 Å². The first kappa shape index (κ1) is 20.5. The van der Waals surface area contributed by atoms with Gasteiger partial charge in [0.1, 0.15) is 11.5 Å². The van der Waals surface area contributed by atoms with Crippen LogP contribution in [-0.2, 0) is 9.59 Å². The van der Waals surface area contributed by atoms with Gasteiger partial charge in [-0.1, -0.05) is 6.07 Å². The Morgan fingerprint density at radius 1 is 1.13 bits per heavy atom. The van der Waals surface area contributed by atoms with E-state index in [1.54, 1.807) is 44.2 Å². The monoisotopic (exact) mass is 423 g/mol. The first-order valence-corrected chi connectivity index (χ1v) is 9.66. The highest BCUT2D eigenvalue weighted by Gasteiger charge is 2.39. The molecule has 8 nitrogen and oxygen atoms in total. The van der Waals surface area contributed by atoms with E-state index in [0.717, 1.165) is 5.57 Å². The lowest BCUT2D eigenvalue weighted by molar-refractivity contribution is -0.135. The van der Waals surface area contributed by atoms with Crippen molar-refractivity contribution in [1.29, 1.82) is 0 Å². The minimum Gasteiger partial charge on any atom is -0.493 e. The fourth-order valence-corrected chi connectivity index (χ4v) is 3.78. The Kier molecular flexibility index (Phi) is 5.14. The van der Waals surface area contributed by atoms with E-state index in [0.29, 0.717) is 39.7 Å². The normalized spacial score (nSPS) is 16.7. The molecule has 0 saturated carbocycles. The molecule has 2 aromatic carbocycles. The van der Waals surface area contributed by atoms with Crippen LogP contribution in [0.4, 0.5) is 0 Å². The summed E-state index contributed by atoms with van der Waals surface area (Å²) in [5, 5.41) is 0. The van der Waals surface area contributed by atoms with Crippen LogP contribution in [0.1, 0.15) is 47.7 Å². The first-order chi connectivity index (χ1) is 14.8. The zero-order valence-electron chi connectivity index (χ0n) is 17.3. The summed E-state index contributed by atoms with van der Waals surface area (Å²) in [6.07, 6.45) is 0.0484. The van der Waals surface area contributed by atoms with E-state index in [4.69, 9.17) is 24.7 Å². The Morgan fingerprint density at radius 2 is 1.90 bits per heavy atom. The molecule has 0 fully saturated rings. The molecule has 8 heteroatoms. The maximum absolute atomic E-state index is 12.7. The standard InChI is InChI=1S/C23H21NO7/c1-11(2)22-21(27)13-5-7-16-20(23(13)31-22)14(9-19(26)30-16)12-4-6-15(28-3)17(8-12)29-10-18(24)25/h4-8,14H,9-10H2,1-3H3,(H2,24,25)/t14-/m0/s1. The SMILES string of the molecule is COc1ccc([C@@H]2CC(=O)Oc3ccc4c(c32)OC(=C(C)C)C4=O)cc1OCC(N)=O. The molecule has 2 heterocycles. The van der Waals surface area contributed by atoms with Crippen molar-refractivity contribution in [2.75, 3.05) is 13.7 Å². The summed E-state index contributed by atoms with van der Waals surface area (Å²) in [7, 11) is 1.48. The quantitative estimate of drug-likeness (QED) is 0.447. The van der Waals surface area contributed by atoms with Gasteiger partial charge in [0, 0.05) is 11.5 Å². The molecule has 1 amide bonds. The number of ketones is 1. The number of carbonyl (C=O) groups is 3. The lowest BCUT2D eigenvalue weighted by atomic mass is 9.84. The van der Waals surface area contributed by atoms with E-state index in [2.05, 4.69) is 0 Å². The van der Waals surface area contributed by atoms with E-state index in [1.807, 2.05) is 0 Å². The van der Waals surface area contributed by atoms with Crippen LogP contribution >= 0.6 is 0 Å². The van der Waals surface area contributed by atoms with Gasteiger partial charge < -0.3 is 24.7 Å². The van der Waals surface area contributed by atoms with Crippen molar-refractivity contribution in [1.82, 2.24) is 0 Å². The molecule has 0 radical (unpaired) electrons. The summed E-state index contributed by atoms with van der Waals surface area (Å²) < 4.78 is 22.2. The third-order valence-electron chi connectivity index (χ3n) is 5.17. The van der Waals surface area contributed by atoms with Gasteiger partial charge >= 0.3 is 5.97 Å². The summed E-state index contributed by atoms with van der Waals surface area (Å²) in [4.78, 5) is 36.2. The molecule has 0 unspecified atom stereocenters. The molecule has 31 heavy (non-hydrogen) atoms. The van der Waals surface area contributed by atoms with Crippen LogP contribution < -0.4 is 24.7 Å². The number of rotatable bonds is 5. The predicted molar refractivity (Wildman–Crippen MR) is 110 cm³/mol. The molecule has 1 atom stereocenters. The van der Waals surface area contributed by atoms with Crippen LogP contribution in [-0.4, -0.2) is 31.4 Å². The molecule has 2 aliphatic heterocycles. The smallest absolute Gasteiger partial charge is 0.312 e. The number of hydrogen-bond acceptors (Lipinski definition) is 7. The zero-order chi connectivity index (χ0) is 22.3. The molecule has 0 bridgehead atoms. The number of benzene rings is 2. The zero-order valence-corrected chi connectivity index (χ0v) is 17.3. The van der Waals surface area contributed by atoms with Crippen molar-refractivity contribution >= 4 is 17.7 Å². The van der Waals surface area contributed by atoms with Crippen LogP contribution in [0.25, 0.3) is 0 Å². The summed E-state index contributed by atoms with van der Waals surface area (Å²) in [6.45, 7) is 3.28. The minimum absolute atomic E-state index is 0.0484. The van der Waals surface area contributed by atoms with Crippen LogP contribution in [0.5, 0.6) is 23.0 Å². The van der Waals surface area contributed by atoms with Gasteiger partial charge in [0.05, 0.1) is 19.1 Å². The van der Waals surface area contributed by atoms with Gasteiger partial charge in [0.2, 0.25) is 5.78 Å². The van der Waals surface area contributed by atoms with Crippen molar-refractivity contribution in [2.24, 2.45) is 5.73 Å². The second-order valence-corrected chi connectivity index (χ2v) is 7.51. The summed E-state index contributed by atoms with van der Waals surface area (Å²) >= 11 is 0. The average molecular weight is 423 g/mol. The number of hydrogen-bond donors (Lipinski definition) is 1. The van der Waals surface area contributed by atoms with Crippen LogP contribution in [0, 0.1) is 0 Å². The summed E-state index contributed by atoms with van der Waals surface area (Å²) in [5.41, 5.74) is 7.70. The van der Waals surface area contributed by atoms with Gasteiger partial charge in [0.15, 0.2) is 23.9 Å². The van der Waals surface area contributed by atoms with Gasteiger partial charge in [0.25, 0.3) is 5.91 Å². The molecule has 0 spiro atoms. The molecule has 160 valence electrons. The molecule has 2 aromatic rings. The number of amides is 1. The molecule has 2 aliphatic rings. The largest absolute Gasteiger partial charge is 0.493 e. The maximum Gasteiger partial charge on any atom is 0.312 e. The molecule has 0 aliphatic carbocycles.